The van der Waals surface area contributed by atoms with Gasteiger partial charge in [-0.1, -0.05) is 0 Å². The molecule has 0 aliphatic heterocycles. The molecule has 0 saturated carbocycles. The Bertz CT molecular complexity index is 688. The first-order chi connectivity index (χ1) is 17.1. The molecule has 0 rings (SSSR count). The summed E-state index contributed by atoms with van der Waals surface area (Å²) in [6.07, 6.45) is 0. The molecule has 0 aliphatic carbocycles. The second kappa shape index (κ2) is 19.4. The minimum absolute atomic E-state index is 0.0193. The Labute approximate surface area is 212 Å². The maximum absolute atomic E-state index is 12.0. The van der Waals surface area contributed by atoms with Crippen LogP contribution in [0, 0.1) is 0 Å². The van der Waals surface area contributed by atoms with Crippen LogP contribution in [0.5, 0.6) is 0 Å². The predicted molar refractivity (Wildman–Crippen MR) is 127 cm³/mol. The van der Waals surface area contributed by atoms with Gasteiger partial charge in [0.2, 0.25) is 0 Å². The van der Waals surface area contributed by atoms with Crippen molar-refractivity contribution in [1.82, 2.24) is 19.6 Å². The lowest BCUT2D eigenvalue weighted by Crippen LogP contribution is -2.46. The molecule has 36 heavy (non-hydrogen) atoms. The molecule has 0 atom stereocenters. The van der Waals surface area contributed by atoms with Crippen LogP contribution in [-0.4, -0.2) is 164 Å². The van der Waals surface area contributed by atoms with Gasteiger partial charge in [-0.2, -0.15) is 0 Å². The number of rotatable bonds is 19. The van der Waals surface area contributed by atoms with Gasteiger partial charge < -0.3 is 23.7 Å². The molecular weight excluding hydrogens is 480 g/mol. The van der Waals surface area contributed by atoms with E-state index in [9.17, 15) is 24.0 Å². The number of carbonyl (C=O) groups excluding carboxylic acids is 5. The van der Waals surface area contributed by atoms with Gasteiger partial charge in [-0.25, -0.2) is 0 Å². The summed E-state index contributed by atoms with van der Waals surface area (Å²) < 4.78 is 23.6. The van der Waals surface area contributed by atoms with E-state index in [-0.39, 0.29) is 45.2 Å². The van der Waals surface area contributed by atoms with Crippen molar-refractivity contribution in [1.29, 1.82) is 0 Å². The van der Waals surface area contributed by atoms with Crippen LogP contribution in [0.3, 0.4) is 0 Å². The number of methoxy groups -OCH3 is 5. The fraction of sp³-hybridized carbons (Fsp3) is 0.773. The molecule has 0 spiro atoms. The van der Waals surface area contributed by atoms with Crippen LogP contribution in [0.1, 0.15) is 0 Å². The summed E-state index contributed by atoms with van der Waals surface area (Å²) >= 11 is 0. The van der Waals surface area contributed by atoms with Crippen LogP contribution in [0.4, 0.5) is 0 Å². The normalized spacial score (nSPS) is 11.1. The van der Waals surface area contributed by atoms with Crippen molar-refractivity contribution in [2.75, 3.05) is 115 Å². The molecular formula is C22H40N4O10. The van der Waals surface area contributed by atoms with Gasteiger partial charge in [0.15, 0.2) is 0 Å². The highest BCUT2D eigenvalue weighted by molar-refractivity contribution is 5.75. The van der Waals surface area contributed by atoms with Crippen LogP contribution >= 0.6 is 0 Å². The summed E-state index contributed by atoms with van der Waals surface area (Å²) in [5.41, 5.74) is 0. The number of likely N-dealkylation sites (N-methyl/N-ethyl adjacent to an activating group) is 1. The minimum atomic E-state index is -0.515. The van der Waals surface area contributed by atoms with Gasteiger partial charge in [0, 0.05) is 39.3 Å². The van der Waals surface area contributed by atoms with Crippen molar-refractivity contribution >= 4 is 29.8 Å². The summed E-state index contributed by atoms with van der Waals surface area (Å²) in [6.45, 7) is 2.12. The second-order valence-electron chi connectivity index (χ2n) is 7.88. The van der Waals surface area contributed by atoms with Crippen LogP contribution < -0.4 is 0 Å². The topological polar surface area (TPSA) is 144 Å². The molecule has 0 aromatic rings. The fourth-order valence-corrected chi connectivity index (χ4v) is 2.98. The molecule has 0 aromatic heterocycles. The Hall–Kier alpha value is -2.81. The van der Waals surface area contributed by atoms with Crippen LogP contribution in [0.25, 0.3) is 0 Å². The van der Waals surface area contributed by atoms with E-state index in [2.05, 4.69) is 14.2 Å². The summed E-state index contributed by atoms with van der Waals surface area (Å²) in [5, 5.41) is 0. The first-order valence-corrected chi connectivity index (χ1v) is 11.3. The van der Waals surface area contributed by atoms with Gasteiger partial charge in [-0.05, 0) is 7.05 Å². The lowest BCUT2D eigenvalue weighted by Gasteiger charge is -2.29. The molecule has 0 heterocycles. The summed E-state index contributed by atoms with van der Waals surface area (Å²) in [5.74, 6) is -2.28. The second-order valence-corrected chi connectivity index (χ2v) is 7.88. The zero-order valence-electron chi connectivity index (χ0n) is 22.1. The largest absolute Gasteiger partial charge is 0.468 e. The van der Waals surface area contributed by atoms with E-state index < -0.39 is 23.9 Å². The number of hydrogen-bond donors (Lipinski definition) is 0. The molecule has 0 bridgehead atoms. The SMILES string of the molecule is COC(=O)CN(C)CCN(CCN(CCN(CC(=O)OC)CC(=O)OC)CC(=O)OC)CC(=O)OC. The molecule has 0 aliphatic rings. The smallest absolute Gasteiger partial charge is 0.319 e. The number of carbonyl (C=O) groups is 5. The van der Waals surface area contributed by atoms with E-state index in [4.69, 9.17) is 9.47 Å². The lowest BCUT2D eigenvalue weighted by atomic mass is 10.3. The van der Waals surface area contributed by atoms with E-state index in [0.29, 0.717) is 32.7 Å². The van der Waals surface area contributed by atoms with E-state index in [1.54, 1.807) is 21.7 Å². The number of esters is 5. The van der Waals surface area contributed by atoms with E-state index in [1.807, 2.05) is 4.90 Å². The molecule has 0 saturated heterocycles. The molecule has 0 amide bonds. The predicted octanol–water partition coefficient (Wildman–Crippen LogP) is -2.31. The molecule has 0 unspecified atom stereocenters. The van der Waals surface area contributed by atoms with Crippen LogP contribution in [0.2, 0.25) is 0 Å². The highest BCUT2D eigenvalue weighted by Crippen LogP contribution is 2.00. The summed E-state index contributed by atoms with van der Waals surface area (Å²) in [6, 6.07) is 0. The van der Waals surface area contributed by atoms with Crippen molar-refractivity contribution in [3.63, 3.8) is 0 Å². The third-order valence-electron chi connectivity index (χ3n) is 5.21. The molecule has 0 radical (unpaired) electrons. The Morgan fingerprint density at radius 1 is 0.417 bits per heavy atom. The van der Waals surface area contributed by atoms with Crippen molar-refractivity contribution in [2.45, 2.75) is 0 Å². The van der Waals surface area contributed by atoms with Gasteiger partial charge in [-0.15, -0.1) is 0 Å². The van der Waals surface area contributed by atoms with E-state index in [1.165, 1.54) is 35.5 Å². The van der Waals surface area contributed by atoms with Crippen molar-refractivity contribution in [3.05, 3.63) is 0 Å². The maximum Gasteiger partial charge on any atom is 0.319 e. The highest BCUT2D eigenvalue weighted by Gasteiger charge is 2.20. The van der Waals surface area contributed by atoms with Gasteiger partial charge in [0.1, 0.15) is 0 Å². The third kappa shape index (κ3) is 16.0. The molecule has 14 nitrogen and oxygen atoms in total. The van der Waals surface area contributed by atoms with Gasteiger partial charge in [0.05, 0.1) is 68.3 Å². The first-order valence-electron chi connectivity index (χ1n) is 11.3. The molecule has 208 valence electrons. The van der Waals surface area contributed by atoms with Gasteiger partial charge in [-0.3, -0.25) is 43.6 Å². The quantitative estimate of drug-likeness (QED) is 0.133. The first kappa shape index (κ1) is 33.2. The highest BCUT2D eigenvalue weighted by atomic mass is 16.5. The Morgan fingerprint density at radius 3 is 1.00 bits per heavy atom. The Morgan fingerprint density at radius 2 is 0.667 bits per heavy atom. The average molecular weight is 521 g/mol. The van der Waals surface area contributed by atoms with Crippen molar-refractivity contribution in [2.24, 2.45) is 0 Å². The Kier molecular flexibility index (Phi) is 17.9. The number of hydrogen-bond acceptors (Lipinski definition) is 14. The zero-order chi connectivity index (χ0) is 27.5. The van der Waals surface area contributed by atoms with E-state index in [0.717, 1.165) is 0 Å². The van der Waals surface area contributed by atoms with Gasteiger partial charge >= 0.3 is 29.8 Å². The number of ether oxygens (including phenoxy) is 5. The average Bonchev–Trinajstić information content (AvgIpc) is 2.87. The van der Waals surface area contributed by atoms with Crippen LogP contribution in [0.15, 0.2) is 0 Å². The Balaban J connectivity index is 5.23. The lowest BCUT2D eigenvalue weighted by molar-refractivity contribution is -0.147. The number of nitrogens with zero attached hydrogens (tertiary/aromatic N) is 4. The molecule has 0 N–H and O–H groups in total. The molecule has 0 fully saturated rings. The standard InChI is InChI=1S/C22H40N4O10/c1-23(13-18(27)32-2)7-8-24(14-19(28)33-3)9-10-25(15-20(29)34-4)11-12-26(16-21(30)35-5)17-22(31)36-6/h7-17H2,1-6H3. The summed E-state index contributed by atoms with van der Waals surface area (Å²) in [4.78, 5) is 65.7. The monoisotopic (exact) mass is 520 g/mol. The minimum Gasteiger partial charge on any atom is -0.468 e. The molecule has 0 aromatic carbocycles. The maximum atomic E-state index is 12.0. The third-order valence-corrected chi connectivity index (χ3v) is 5.21. The van der Waals surface area contributed by atoms with Crippen molar-refractivity contribution in [3.8, 4) is 0 Å². The van der Waals surface area contributed by atoms with Gasteiger partial charge in [0.25, 0.3) is 0 Å². The fourth-order valence-electron chi connectivity index (χ4n) is 2.98. The van der Waals surface area contributed by atoms with Crippen LogP contribution in [-0.2, 0) is 47.7 Å². The zero-order valence-corrected chi connectivity index (χ0v) is 22.1. The molecule has 14 heteroatoms. The van der Waals surface area contributed by atoms with E-state index >= 15 is 0 Å². The van der Waals surface area contributed by atoms with Crippen molar-refractivity contribution < 1.29 is 47.7 Å². The summed E-state index contributed by atoms with van der Waals surface area (Å²) in [7, 11) is 8.15.